The molecule has 0 bridgehead atoms. The van der Waals surface area contributed by atoms with E-state index in [-0.39, 0.29) is 5.91 Å². The van der Waals surface area contributed by atoms with Crippen molar-refractivity contribution < 1.29 is 9.59 Å². The van der Waals surface area contributed by atoms with Crippen molar-refractivity contribution in [2.45, 2.75) is 13.8 Å². The monoisotopic (exact) mass is 183 g/mol. The Morgan fingerprint density at radius 3 is 1.77 bits per heavy atom. The van der Waals surface area contributed by atoms with Gasteiger partial charge in [0.2, 0.25) is 5.91 Å². The highest BCUT2D eigenvalue weighted by atomic mass is 16.2. The number of nitrogens with zero attached hydrogens (tertiary/aromatic N) is 1. The first-order valence-electron chi connectivity index (χ1n) is 4.15. The SMILES string of the molecule is C=CC(=O)N(CC)CC.C=CC=O. The van der Waals surface area contributed by atoms with Gasteiger partial charge in [-0.05, 0) is 26.0 Å². The number of allylic oxidation sites excluding steroid dienone is 1. The molecule has 0 aromatic rings. The van der Waals surface area contributed by atoms with Crippen LogP contribution in [0.2, 0.25) is 0 Å². The fraction of sp³-hybridized carbons (Fsp3) is 0.400. The van der Waals surface area contributed by atoms with Gasteiger partial charge in [-0.2, -0.15) is 0 Å². The zero-order chi connectivity index (χ0) is 10.7. The number of aldehydes is 1. The van der Waals surface area contributed by atoms with Crippen LogP contribution in [0.25, 0.3) is 0 Å². The number of hydrogen-bond donors (Lipinski definition) is 0. The van der Waals surface area contributed by atoms with Crippen LogP contribution in [0, 0.1) is 0 Å². The van der Waals surface area contributed by atoms with Crippen LogP contribution in [0.15, 0.2) is 25.3 Å². The largest absolute Gasteiger partial charge is 0.340 e. The van der Waals surface area contributed by atoms with Crippen molar-refractivity contribution >= 4 is 12.2 Å². The van der Waals surface area contributed by atoms with Gasteiger partial charge in [0.15, 0.2) is 0 Å². The Morgan fingerprint density at radius 2 is 1.69 bits per heavy atom. The lowest BCUT2D eigenvalue weighted by atomic mass is 10.4. The van der Waals surface area contributed by atoms with E-state index in [1.807, 2.05) is 13.8 Å². The molecule has 3 nitrogen and oxygen atoms in total. The third-order valence-electron chi connectivity index (χ3n) is 1.35. The van der Waals surface area contributed by atoms with Crippen LogP contribution >= 0.6 is 0 Å². The highest BCUT2D eigenvalue weighted by molar-refractivity contribution is 5.86. The molecule has 0 aromatic heterocycles. The zero-order valence-electron chi connectivity index (χ0n) is 8.32. The smallest absolute Gasteiger partial charge is 0.245 e. The van der Waals surface area contributed by atoms with Crippen LogP contribution in [-0.4, -0.2) is 30.2 Å². The maximum atomic E-state index is 10.8. The first-order valence-corrected chi connectivity index (χ1v) is 4.15. The van der Waals surface area contributed by atoms with E-state index in [1.54, 1.807) is 4.90 Å². The van der Waals surface area contributed by atoms with E-state index in [0.29, 0.717) is 6.29 Å². The van der Waals surface area contributed by atoms with Crippen LogP contribution in [0.4, 0.5) is 0 Å². The molecule has 0 atom stereocenters. The highest BCUT2D eigenvalue weighted by Gasteiger charge is 2.01. The first kappa shape index (κ1) is 14.2. The van der Waals surface area contributed by atoms with Crippen LogP contribution in [0.5, 0.6) is 0 Å². The zero-order valence-corrected chi connectivity index (χ0v) is 8.32. The number of amides is 1. The Balaban J connectivity index is 0. The molecule has 0 heterocycles. The molecular formula is C10H17NO2. The van der Waals surface area contributed by atoms with E-state index in [4.69, 9.17) is 4.79 Å². The summed E-state index contributed by atoms with van der Waals surface area (Å²) in [6, 6.07) is 0. The number of hydrogen-bond acceptors (Lipinski definition) is 2. The van der Waals surface area contributed by atoms with Crippen molar-refractivity contribution in [3.8, 4) is 0 Å². The van der Waals surface area contributed by atoms with Crippen molar-refractivity contribution in [2.24, 2.45) is 0 Å². The predicted molar refractivity (Wildman–Crippen MR) is 54.4 cm³/mol. The molecule has 0 aliphatic carbocycles. The van der Waals surface area contributed by atoms with Gasteiger partial charge in [-0.25, -0.2) is 0 Å². The number of carbonyl (C=O) groups is 2. The standard InChI is InChI=1S/C7H13NO.C3H4O/c1-4-7(9)8(5-2)6-3;1-2-3-4/h4H,1,5-6H2,2-3H3;2-3H,1H2. The number of likely N-dealkylation sites (N-methyl/N-ethyl adjacent to an activating group) is 1. The Labute approximate surface area is 79.7 Å². The molecule has 0 N–H and O–H groups in total. The Morgan fingerprint density at radius 1 is 1.31 bits per heavy atom. The lowest BCUT2D eigenvalue weighted by Gasteiger charge is -2.15. The molecule has 0 rings (SSSR count). The fourth-order valence-corrected chi connectivity index (χ4v) is 0.664. The summed E-state index contributed by atoms with van der Waals surface area (Å²) in [7, 11) is 0. The van der Waals surface area contributed by atoms with Crippen LogP contribution in [0.1, 0.15) is 13.8 Å². The second-order valence-electron chi connectivity index (χ2n) is 2.09. The van der Waals surface area contributed by atoms with Gasteiger partial charge in [0, 0.05) is 13.1 Å². The predicted octanol–water partition coefficient (Wildman–Crippen LogP) is 1.41. The number of carbonyl (C=O) groups excluding carboxylic acids is 2. The fourth-order valence-electron chi connectivity index (χ4n) is 0.664. The topological polar surface area (TPSA) is 37.4 Å². The first-order chi connectivity index (χ1) is 6.17. The summed E-state index contributed by atoms with van der Waals surface area (Å²) in [6.07, 6.45) is 3.17. The van der Waals surface area contributed by atoms with Gasteiger partial charge in [0.05, 0.1) is 0 Å². The lowest BCUT2D eigenvalue weighted by Crippen LogP contribution is -2.28. The second-order valence-corrected chi connectivity index (χ2v) is 2.09. The maximum Gasteiger partial charge on any atom is 0.245 e. The summed E-state index contributed by atoms with van der Waals surface area (Å²) in [5.74, 6) is 0.0139. The van der Waals surface area contributed by atoms with Crippen LogP contribution in [0.3, 0.4) is 0 Å². The molecule has 0 saturated carbocycles. The van der Waals surface area contributed by atoms with Crippen molar-refractivity contribution in [3.63, 3.8) is 0 Å². The molecule has 0 radical (unpaired) electrons. The summed E-state index contributed by atoms with van der Waals surface area (Å²) in [4.78, 5) is 21.6. The molecule has 74 valence electrons. The van der Waals surface area contributed by atoms with Crippen molar-refractivity contribution in [1.82, 2.24) is 4.90 Å². The summed E-state index contributed by atoms with van der Waals surface area (Å²) in [5, 5.41) is 0. The van der Waals surface area contributed by atoms with Gasteiger partial charge in [-0.3, -0.25) is 9.59 Å². The molecule has 0 fully saturated rings. The van der Waals surface area contributed by atoms with E-state index in [2.05, 4.69) is 13.2 Å². The molecule has 0 aliphatic rings. The van der Waals surface area contributed by atoms with E-state index in [0.717, 1.165) is 13.1 Å². The van der Waals surface area contributed by atoms with E-state index >= 15 is 0 Å². The van der Waals surface area contributed by atoms with Crippen molar-refractivity contribution in [1.29, 1.82) is 0 Å². The third kappa shape index (κ3) is 8.53. The summed E-state index contributed by atoms with van der Waals surface area (Å²) in [5.41, 5.74) is 0. The molecule has 0 saturated heterocycles. The highest BCUT2D eigenvalue weighted by Crippen LogP contribution is 1.87. The summed E-state index contributed by atoms with van der Waals surface area (Å²) >= 11 is 0. The molecule has 0 unspecified atom stereocenters. The Kier molecular flexibility index (Phi) is 11.6. The maximum absolute atomic E-state index is 10.8. The normalized spacial score (nSPS) is 7.54. The third-order valence-corrected chi connectivity index (χ3v) is 1.35. The van der Waals surface area contributed by atoms with Gasteiger partial charge in [0.25, 0.3) is 0 Å². The van der Waals surface area contributed by atoms with Gasteiger partial charge in [-0.1, -0.05) is 13.2 Å². The number of rotatable bonds is 4. The molecule has 3 heteroatoms. The minimum absolute atomic E-state index is 0.0139. The van der Waals surface area contributed by atoms with Gasteiger partial charge in [0.1, 0.15) is 6.29 Å². The molecule has 0 spiro atoms. The van der Waals surface area contributed by atoms with Crippen LogP contribution < -0.4 is 0 Å². The molecule has 1 amide bonds. The average Bonchev–Trinajstić information content (AvgIpc) is 2.19. The van der Waals surface area contributed by atoms with Gasteiger partial charge in [-0.15, -0.1) is 0 Å². The minimum atomic E-state index is 0.0139. The molecule has 0 aromatic carbocycles. The quantitative estimate of drug-likeness (QED) is 0.488. The molecular weight excluding hydrogens is 166 g/mol. The van der Waals surface area contributed by atoms with Gasteiger partial charge < -0.3 is 4.90 Å². The van der Waals surface area contributed by atoms with Gasteiger partial charge >= 0.3 is 0 Å². The van der Waals surface area contributed by atoms with Crippen molar-refractivity contribution in [3.05, 3.63) is 25.3 Å². The van der Waals surface area contributed by atoms with Crippen molar-refractivity contribution in [2.75, 3.05) is 13.1 Å². The lowest BCUT2D eigenvalue weighted by molar-refractivity contribution is -0.125. The Bertz CT molecular complexity index is 166. The molecule has 13 heavy (non-hydrogen) atoms. The van der Waals surface area contributed by atoms with E-state index in [1.165, 1.54) is 12.2 Å². The minimum Gasteiger partial charge on any atom is -0.340 e. The Hall–Kier alpha value is -1.38. The van der Waals surface area contributed by atoms with E-state index < -0.39 is 0 Å². The molecule has 0 aliphatic heterocycles. The summed E-state index contributed by atoms with van der Waals surface area (Å²) in [6.45, 7) is 11.9. The van der Waals surface area contributed by atoms with E-state index in [9.17, 15) is 4.79 Å². The second kappa shape index (κ2) is 10.6. The summed E-state index contributed by atoms with van der Waals surface area (Å²) < 4.78 is 0. The average molecular weight is 183 g/mol. The van der Waals surface area contributed by atoms with Crippen LogP contribution in [-0.2, 0) is 9.59 Å².